The summed E-state index contributed by atoms with van der Waals surface area (Å²) in [6, 6.07) is 21.1. The zero-order valence-electron chi connectivity index (χ0n) is 17.2. The van der Waals surface area contributed by atoms with Gasteiger partial charge in [0, 0.05) is 5.69 Å². The average molecular weight is 448 g/mol. The molecule has 0 spiro atoms. The summed E-state index contributed by atoms with van der Waals surface area (Å²) in [4.78, 5) is 27.7. The number of benzene rings is 3. The summed E-state index contributed by atoms with van der Waals surface area (Å²) >= 11 is 0. The van der Waals surface area contributed by atoms with E-state index in [0.717, 1.165) is 16.0 Å². The second-order valence-corrected chi connectivity index (χ2v) is 9.04. The summed E-state index contributed by atoms with van der Waals surface area (Å²) in [5.74, 6) is -0.836. The van der Waals surface area contributed by atoms with E-state index in [2.05, 4.69) is 5.32 Å². The molecule has 7 nitrogen and oxygen atoms in total. The maximum Gasteiger partial charge on any atom is 0.263 e. The van der Waals surface area contributed by atoms with Gasteiger partial charge in [-0.05, 0) is 55.0 Å². The van der Waals surface area contributed by atoms with Gasteiger partial charge in [0.05, 0.1) is 16.2 Å². The summed E-state index contributed by atoms with van der Waals surface area (Å²) in [7, 11) is -3.84. The van der Waals surface area contributed by atoms with Crippen LogP contribution in [0.5, 0.6) is 0 Å². The molecule has 0 bridgehead atoms. The molecular weight excluding hydrogens is 426 g/mol. The molecule has 32 heavy (non-hydrogen) atoms. The number of hydrogen-bond acceptors (Lipinski definition) is 5. The molecule has 4 rings (SSSR count). The molecule has 0 radical (unpaired) electrons. The van der Waals surface area contributed by atoms with Crippen LogP contribution in [0.4, 0.5) is 11.4 Å². The standard InChI is InChI=1S/C24H21N3O4S/c1-16-6-5-7-17(14-16)15-21-22(26-18-10-12-20(13-11-18)32(25,30)31)24(29)27(23(21)28)19-8-3-2-4-9-19/h2-15,22,26H,1H3,(H2,25,30,31)/b21-15+. The van der Waals surface area contributed by atoms with Crippen LogP contribution in [0.2, 0.25) is 0 Å². The number of nitrogens with one attached hydrogen (secondary N) is 1. The molecule has 1 atom stereocenters. The lowest BCUT2D eigenvalue weighted by atomic mass is 10.0. The number of para-hydroxylation sites is 1. The second kappa shape index (κ2) is 8.41. The van der Waals surface area contributed by atoms with Crippen molar-refractivity contribution in [1.29, 1.82) is 0 Å². The molecule has 1 aliphatic rings. The first-order valence-electron chi connectivity index (χ1n) is 9.85. The van der Waals surface area contributed by atoms with Crippen molar-refractivity contribution in [2.24, 2.45) is 5.14 Å². The number of carbonyl (C=O) groups is 2. The fourth-order valence-corrected chi connectivity index (χ4v) is 4.08. The van der Waals surface area contributed by atoms with E-state index in [-0.39, 0.29) is 4.90 Å². The molecule has 0 aromatic heterocycles. The van der Waals surface area contributed by atoms with Crippen molar-refractivity contribution < 1.29 is 18.0 Å². The van der Waals surface area contributed by atoms with Gasteiger partial charge in [-0.1, -0.05) is 48.0 Å². The molecule has 3 aromatic rings. The van der Waals surface area contributed by atoms with Crippen LogP contribution in [0.3, 0.4) is 0 Å². The first kappa shape index (κ1) is 21.5. The summed E-state index contributed by atoms with van der Waals surface area (Å²) in [5, 5.41) is 8.22. The highest BCUT2D eigenvalue weighted by molar-refractivity contribution is 7.89. The van der Waals surface area contributed by atoms with E-state index in [1.165, 1.54) is 24.3 Å². The SMILES string of the molecule is Cc1cccc(/C=C2/C(=O)N(c3ccccc3)C(=O)C2Nc2ccc(S(N)(=O)=O)cc2)c1. The predicted molar refractivity (Wildman–Crippen MR) is 123 cm³/mol. The number of nitrogens with zero attached hydrogens (tertiary/aromatic N) is 1. The molecule has 3 aromatic carbocycles. The fourth-order valence-electron chi connectivity index (χ4n) is 3.57. The normalized spacial score (nSPS) is 17.8. The van der Waals surface area contributed by atoms with Crippen molar-refractivity contribution in [3.63, 3.8) is 0 Å². The number of carbonyl (C=O) groups excluding carboxylic acids is 2. The molecule has 1 saturated heterocycles. The summed E-state index contributed by atoms with van der Waals surface area (Å²) < 4.78 is 23.0. The van der Waals surface area contributed by atoms with Crippen molar-refractivity contribution in [3.05, 3.63) is 95.6 Å². The third-order valence-electron chi connectivity index (χ3n) is 5.10. The minimum atomic E-state index is -3.84. The van der Waals surface area contributed by atoms with Gasteiger partial charge in [0.1, 0.15) is 6.04 Å². The van der Waals surface area contributed by atoms with Crippen molar-refractivity contribution in [1.82, 2.24) is 0 Å². The third kappa shape index (κ3) is 4.32. The Bertz CT molecular complexity index is 1320. The van der Waals surface area contributed by atoms with Crippen LogP contribution in [-0.4, -0.2) is 26.3 Å². The van der Waals surface area contributed by atoms with Crippen molar-refractivity contribution in [3.8, 4) is 0 Å². The minimum Gasteiger partial charge on any atom is -0.370 e. The highest BCUT2D eigenvalue weighted by Crippen LogP contribution is 2.30. The van der Waals surface area contributed by atoms with E-state index in [4.69, 9.17) is 5.14 Å². The molecule has 0 saturated carbocycles. The number of nitrogens with two attached hydrogens (primary N) is 1. The van der Waals surface area contributed by atoms with Crippen LogP contribution >= 0.6 is 0 Å². The van der Waals surface area contributed by atoms with E-state index >= 15 is 0 Å². The number of anilines is 2. The zero-order chi connectivity index (χ0) is 22.9. The number of primary sulfonamides is 1. The second-order valence-electron chi connectivity index (χ2n) is 7.47. The van der Waals surface area contributed by atoms with Gasteiger partial charge in [0.2, 0.25) is 10.0 Å². The van der Waals surface area contributed by atoms with E-state index in [0.29, 0.717) is 16.9 Å². The number of aryl methyl sites for hydroxylation is 1. The molecule has 1 aliphatic heterocycles. The van der Waals surface area contributed by atoms with E-state index in [1.54, 1.807) is 36.4 Å². The van der Waals surface area contributed by atoms with Gasteiger partial charge in [-0.3, -0.25) is 9.59 Å². The Labute approximate surface area is 186 Å². The Balaban J connectivity index is 1.74. The molecule has 2 amide bonds. The molecule has 1 fully saturated rings. The summed E-state index contributed by atoms with van der Waals surface area (Å²) in [6.45, 7) is 1.95. The lowest BCUT2D eigenvalue weighted by Gasteiger charge is -2.15. The van der Waals surface area contributed by atoms with Crippen molar-refractivity contribution in [2.75, 3.05) is 10.2 Å². The van der Waals surface area contributed by atoms with Crippen LogP contribution in [0.1, 0.15) is 11.1 Å². The number of amides is 2. The molecule has 1 heterocycles. The Kier molecular flexibility index (Phi) is 5.65. The van der Waals surface area contributed by atoms with Gasteiger partial charge < -0.3 is 5.32 Å². The van der Waals surface area contributed by atoms with Gasteiger partial charge in [0.15, 0.2) is 0 Å². The van der Waals surface area contributed by atoms with Crippen LogP contribution in [0, 0.1) is 6.92 Å². The van der Waals surface area contributed by atoms with Gasteiger partial charge in [-0.2, -0.15) is 0 Å². The maximum atomic E-state index is 13.3. The van der Waals surface area contributed by atoms with Gasteiger partial charge in [-0.15, -0.1) is 0 Å². The predicted octanol–water partition coefficient (Wildman–Crippen LogP) is 3.08. The largest absolute Gasteiger partial charge is 0.370 e. The van der Waals surface area contributed by atoms with E-state index < -0.39 is 27.9 Å². The molecular formula is C24H21N3O4S. The van der Waals surface area contributed by atoms with Crippen molar-refractivity contribution >= 4 is 39.3 Å². The molecule has 162 valence electrons. The highest BCUT2D eigenvalue weighted by Gasteiger charge is 2.44. The topological polar surface area (TPSA) is 110 Å². The number of imide groups is 1. The lowest BCUT2D eigenvalue weighted by molar-refractivity contribution is -0.121. The third-order valence-corrected chi connectivity index (χ3v) is 6.03. The van der Waals surface area contributed by atoms with Crippen LogP contribution in [0.25, 0.3) is 6.08 Å². The molecule has 8 heteroatoms. The summed E-state index contributed by atoms with van der Waals surface area (Å²) in [5.41, 5.74) is 3.08. The fraction of sp³-hybridized carbons (Fsp3) is 0.0833. The number of rotatable bonds is 5. The van der Waals surface area contributed by atoms with E-state index in [1.807, 2.05) is 31.2 Å². The lowest BCUT2D eigenvalue weighted by Crippen LogP contribution is -2.34. The van der Waals surface area contributed by atoms with Gasteiger partial charge >= 0.3 is 0 Å². The zero-order valence-corrected chi connectivity index (χ0v) is 18.0. The first-order valence-corrected chi connectivity index (χ1v) is 11.4. The Morgan fingerprint density at radius 1 is 0.938 bits per heavy atom. The Hall–Kier alpha value is -3.75. The highest BCUT2D eigenvalue weighted by atomic mass is 32.2. The molecule has 1 unspecified atom stereocenters. The van der Waals surface area contributed by atoms with Gasteiger partial charge in [-0.25, -0.2) is 18.5 Å². The summed E-state index contributed by atoms with van der Waals surface area (Å²) in [6.07, 6.45) is 1.70. The smallest absolute Gasteiger partial charge is 0.263 e. The Morgan fingerprint density at radius 3 is 2.25 bits per heavy atom. The van der Waals surface area contributed by atoms with Crippen molar-refractivity contribution in [2.45, 2.75) is 17.9 Å². The maximum absolute atomic E-state index is 13.3. The van der Waals surface area contributed by atoms with Crippen LogP contribution in [-0.2, 0) is 19.6 Å². The van der Waals surface area contributed by atoms with Crippen LogP contribution in [0.15, 0.2) is 89.3 Å². The quantitative estimate of drug-likeness (QED) is 0.461. The molecule has 3 N–H and O–H groups in total. The van der Waals surface area contributed by atoms with Crippen LogP contribution < -0.4 is 15.4 Å². The average Bonchev–Trinajstić information content (AvgIpc) is 2.98. The first-order chi connectivity index (χ1) is 15.2. The van der Waals surface area contributed by atoms with Gasteiger partial charge in [0.25, 0.3) is 11.8 Å². The molecule has 0 aliphatic carbocycles. The Morgan fingerprint density at radius 2 is 1.62 bits per heavy atom. The van der Waals surface area contributed by atoms with E-state index in [9.17, 15) is 18.0 Å². The number of sulfonamides is 1. The minimum absolute atomic E-state index is 0.0432. The number of hydrogen-bond donors (Lipinski definition) is 2. The monoisotopic (exact) mass is 447 g/mol.